The van der Waals surface area contributed by atoms with E-state index in [1.165, 1.54) is 19.3 Å². The Labute approximate surface area is 158 Å². The van der Waals surface area contributed by atoms with Gasteiger partial charge < -0.3 is 9.47 Å². The van der Waals surface area contributed by atoms with Crippen LogP contribution in [0.15, 0.2) is 40.9 Å². The van der Waals surface area contributed by atoms with Crippen LogP contribution in [0.5, 0.6) is 11.5 Å². The summed E-state index contributed by atoms with van der Waals surface area (Å²) in [6.45, 7) is 6.77. The Morgan fingerprint density at radius 3 is 2.52 bits per heavy atom. The van der Waals surface area contributed by atoms with Crippen LogP contribution in [0.2, 0.25) is 0 Å². The topological polar surface area (TPSA) is 35.5 Å². The van der Waals surface area contributed by atoms with Gasteiger partial charge in [0.1, 0.15) is 11.5 Å². The second kappa shape index (κ2) is 9.62. The molecule has 134 valence electrons. The predicted molar refractivity (Wildman–Crippen MR) is 105 cm³/mol. The summed E-state index contributed by atoms with van der Waals surface area (Å²) in [5.74, 6) is 0.973. The molecule has 0 bridgehead atoms. The third-order valence-corrected chi connectivity index (χ3v) is 4.59. The molecule has 0 aliphatic heterocycles. The van der Waals surface area contributed by atoms with Crippen molar-refractivity contribution in [3.05, 3.63) is 57.6 Å². The molecule has 0 heterocycles. The Morgan fingerprint density at radius 1 is 1.00 bits per heavy atom. The summed E-state index contributed by atoms with van der Waals surface area (Å²) < 4.78 is 12.1. The van der Waals surface area contributed by atoms with Crippen LogP contribution in [-0.4, -0.2) is 12.6 Å². The highest BCUT2D eigenvalue weighted by molar-refractivity contribution is 9.10. The summed E-state index contributed by atoms with van der Waals surface area (Å²) in [4.78, 5) is 12.4. The van der Waals surface area contributed by atoms with Gasteiger partial charge in [-0.3, -0.25) is 0 Å². The molecule has 0 atom stereocenters. The molecule has 0 N–H and O–H groups in total. The van der Waals surface area contributed by atoms with Gasteiger partial charge in [-0.05, 0) is 71.6 Å². The van der Waals surface area contributed by atoms with Crippen LogP contribution in [0.4, 0.5) is 0 Å². The van der Waals surface area contributed by atoms with E-state index < -0.39 is 0 Å². The molecule has 4 heteroatoms. The van der Waals surface area contributed by atoms with Gasteiger partial charge in [0.05, 0.1) is 16.6 Å². The van der Waals surface area contributed by atoms with Crippen molar-refractivity contribution >= 4 is 21.9 Å². The van der Waals surface area contributed by atoms with Crippen LogP contribution in [0.3, 0.4) is 0 Å². The van der Waals surface area contributed by atoms with Crippen molar-refractivity contribution in [2.75, 3.05) is 6.61 Å². The van der Waals surface area contributed by atoms with Gasteiger partial charge in [0, 0.05) is 0 Å². The smallest absolute Gasteiger partial charge is 0.343 e. The van der Waals surface area contributed by atoms with E-state index in [2.05, 4.69) is 22.9 Å². The molecule has 0 unspecified atom stereocenters. The molecule has 25 heavy (non-hydrogen) atoms. The monoisotopic (exact) mass is 404 g/mol. The molecule has 0 amide bonds. The first-order valence-corrected chi connectivity index (χ1v) is 9.52. The molecule has 0 saturated heterocycles. The molecule has 0 fully saturated rings. The zero-order chi connectivity index (χ0) is 18.2. The van der Waals surface area contributed by atoms with Crippen molar-refractivity contribution < 1.29 is 14.3 Å². The first kappa shape index (κ1) is 19.5. The van der Waals surface area contributed by atoms with Gasteiger partial charge in [0.25, 0.3) is 0 Å². The lowest BCUT2D eigenvalue weighted by Crippen LogP contribution is -2.09. The van der Waals surface area contributed by atoms with Gasteiger partial charge in [-0.1, -0.05) is 38.3 Å². The van der Waals surface area contributed by atoms with Crippen LogP contribution < -0.4 is 9.47 Å². The van der Waals surface area contributed by atoms with Crippen molar-refractivity contribution in [2.24, 2.45) is 0 Å². The third-order valence-electron chi connectivity index (χ3n) is 3.97. The van der Waals surface area contributed by atoms with E-state index in [1.807, 2.05) is 38.1 Å². The standard InChI is InChI=1S/C21H25BrO3/c1-4-5-6-7-12-24-19-11-10-17(14-18(19)22)21(23)25-20-13-15(2)8-9-16(20)3/h8-11,13-14H,4-7,12H2,1-3H3. The average Bonchev–Trinajstić information content (AvgIpc) is 2.59. The van der Waals surface area contributed by atoms with E-state index >= 15 is 0 Å². The van der Waals surface area contributed by atoms with E-state index in [0.29, 0.717) is 17.9 Å². The largest absolute Gasteiger partial charge is 0.492 e. The number of aryl methyl sites for hydroxylation is 2. The minimum Gasteiger partial charge on any atom is -0.492 e. The van der Waals surface area contributed by atoms with Crippen molar-refractivity contribution in [3.63, 3.8) is 0 Å². The summed E-state index contributed by atoms with van der Waals surface area (Å²) in [6, 6.07) is 11.1. The van der Waals surface area contributed by atoms with Gasteiger partial charge in [-0.25, -0.2) is 4.79 Å². The lowest BCUT2D eigenvalue weighted by molar-refractivity contribution is 0.0733. The third kappa shape index (κ3) is 5.89. The fourth-order valence-corrected chi connectivity index (χ4v) is 2.93. The molecule has 0 radical (unpaired) electrons. The van der Waals surface area contributed by atoms with Crippen molar-refractivity contribution in [2.45, 2.75) is 46.5 Å². The number of carbonyl (C=O) groups excluding carboxylic acids is 1. The van der Waals surface area contributed by atoms with E-state index in [-0.39, 0.29) is 5.97 Å². The predicted octanol–water partition coefficient (Wildman–Crippen LogP) is 6.24. The quantitative estimate of drug-likeness (QED) is 0.296. The maximum absolute atomic E-state index is 12.4. The zero-order valence-electron chi connectivity index (χ0n) is 15.1. The Balaban J connectivity index is 1.99. The number of benzene rings is 2. The fourth-order valence-electron chi connectivity index (χ4n) is 2.43. The maximum atomic E-state index is 12.4. The summed E-state index contributed by atoms with van der Waals surface area (Å²) >= 11 is 3.48. The lowest BCUT2D eigenvalue weighted by atomic mass is 10.1. The lowest BCUT2D eigenvalue weighted by Gasteiger charge is -2.11. The molecule has 3 nitrogen and oxygen atoms in total. The Hall–Kier alpha value is -1.81. The van der Waals surface area contributed by atoms with E-state index in [9.17, 15) is 4.79 Å². The number of hydrogen-bond donors (Lipinski definition) is 0. The van der Waals surface area contributed by atoms with Gasteiger partial charge >= 0.3 is 5.97 Å². The summed E-state index contributed by atoms with van der Waals surface area (Å²) in [7, 11) is 0. The second-order valence-corrected chi connectivity index (χ2v) is 7.07. The minimum absolute atomic E-state index is 0.371. The number of rotatable bonds is 8. The van der Waals surface area contributed by atoms with Crippen molar-refractivity contribution in [3.8, 4) is 11.5 Å². The number of halogens is 1. The summed E-state index contributed by atoms with van der Waals surface area (Å²) in [5, 5.41) is 0. The highest BCUT2D eigenvalue weighted by Crippen LogP contribution is 2.27. The number of carbonyl (C=O) groups is 1. The molecular weight excluding hydrogens is 380 g/mol. The summed E-state index contributed by atoms with van der Waals surface area (Å²) in [5.41, 5.74) is 2.48. The fraction of sp³-hybridized carbons (Fsp3) is 0.381. The molecule has 0 spiro atoms. The molecule has 0 aromatic heterocycles. The average molecular weight is 405 g/mol. The SMILES string of the molecule is CCCCCCOc1ccc(C(=O)Oc2cc(C)ccc2C)cc1Br. The molecule has 0 aliphatic rings. The molecular formula is C21H25BrO3. The molecule has 2 aromatic carbocycles. The normalized spacial score (nSPS) is 10.6. The van der Waals surface area contributed by atoms with Gasteiger partial charge in [-0.15, -0.1) is 0 Å². The maximum Gasteiger partial charge on any atom is 0.343 e. The molecule has 0 saturated carbocycles. The van der Waals surface area contributed by atoms with Gasteiger partial charge in [-0.2, -0.15) is 0 Å². The second-order valence-electron chi connectivity index (χ2n) is 6.21. The zero-order valence-corrected chi connectivity index (χ0v) is 16.7. The number of ether oxygens (including phenoxy) is 2. The minimum atomic E-state index is -0.371. The first-order valence-electron chi connectivity index (χ1n) is 8.73. The highest BCUT2D eigenvalue weighted by Gasteiger charge is 2.13. The van der Waals surface area contributed by atoms with Crippen LogP contribution in [0.25, 0.3) is 0 Å². The number of hydrogen-bond acceptors (Lipinski definition) is 3. The van der Waals surface area contributed by atoms with Crippen molar-refractivity contribution in [1.82, 2.24) is 0 Å². The van der Waals surface area contributed by atoms with E-state index in [1.54, 1.807) is 12.1 Å². The Morgan fingerprint density at radius 2 is 1.80 bits per heavy atom. The van der Waals surface area contributed by atoms with Gasteiger partial charge in [0.15, 0.2) is 0 Å². The van der Waals surface area contributed by atoms with Crippen molar-refractivity contribution in [1.29, 1.82) is 0 Å². The molecule has 2 aromatic rings. The number of unbranched alkanes of at least 4 members (excludes halogenated alkanes) is 3. The summed E-state index contributed by atoms with van der Waals surface area (Å²) in [6.07, 6.45) is 4.65. The Kier molecular flexibility index (Phi) is 7.51. The van der Waals surface area contributed by atoms with Crippen LogP contribution in [0, 0.1) is 13.8 Å². The highest BCUT2D eigenvalue weighted by atomic mass is 79.9. The van der Waals surface area contributed by atoms with Crippen LogP contribution in [-0.2, 0) is 0 Å². The first-order chi connectivity index (χ1) is 12.0. The van der Waals surface area contributed by atoms with Gasteiger partial charge in [0.2, 0.25) is 0 Å². The van der Waals surface area contributed by atoms with E-state index in [4.69, 9.17) is 9.47 Å². The number of esters is 1. The van der Waals surface area contributed by atoms with E-state index in [0.717, 1.165) is 27.8 Å². The molecule has 0 aliphatic carbocycles. The Bertz CT molecular complexity index is 725. The molecule has 2 rings (SSSR count). The van der Waals surface area contributed by atoms with Crippen LogP contribution in [0.1, 0.15) is 54.1 Å². The van der Waals surface area contributed by atoms with Crippen LogP contribution >= 0.6 is 15.9 Å².